The number of ether oxygens (including phenoxy) is 3. The number of phosphoric ester groups is 1. The first-order valence-corrected chi connectivity index (χ1v) is 16.6. The largest absolute Gasteiger partial charge is 0.531 e. The van der Waals surface area contributed by atoms with Gasteiger partial charge in [0.25, 0.3) is 0 Å². The van der Waals surface area contributed by atoms with Gasteiger partial charge in [0.05, 0.1) is 35.9 Å². The van der Waals surface area contributed by atoms with Crippen molar-refractivity contribution in [3.8, 4) is 28.4 Å². The molecule has 0 saturated carbocycles. The molecule has 0 aliphatic carbocycles. The highest BCUT2D eigenvalue weighted by Crippen LogP contribution is 2.55. The molecule has 1 heterocycles. The summed E-state index contributed by atoms with van der Waals surface area (Å²) in [7, 11) is -2.52. The van der Waals surface area contributed by atoms with Crippen molar-refractivity contribution in [2.45, 2.75) is 72.8 Å². The van der Waals surface area contributed by atoms with Crippen LogP contribution in [0.2, 0.25) is 0 Å². The van der Waals surface area contributed by atoms with Crippen LogP contribution in [-0.4, -0.2) is 35.5 Å². The number of methoxy groups -OCH3 is 1. The molecule has 252 valence electrons. The third-order valence-corrected chi connectivity index (χ3v) is 8.39. The molecule has 3 aromatic carbocycles. The minimum atomic E-state index is -4.05. The van der Waals surface area contributed by atoms with Crippen molar-refractivity contribution in [1.82, 2.24) is 4.57 Å². The van der Waals surface area contributed by atoms with E-state index in [4.69, 9.17) is 27.8 Å². The van der Waals surface area contributed by atoms with Gasteiger partial charge in [0.15, 0.2) is 12.2 Å². The van der Waals surface area contributed by atoms with Crippen molar-refractivity contribution in [3.05, 3.63) is 88.5 Å². The molecule has 0 spiro atoms. The fraction of sp³-hybridized carbons (Fsp3) is 0.371. The van der Waals surface area contributed by atoms with E-state index in [1.807, 2.05) is 6.92 Å². The molecule has 0 fully saturated rings. The van der Waals surface area contributed by atoms with E-state index in [-0.39, 0.29) is 40.3 Å². The summed E-state index contributed by atoms with van der Waals surface area (Å²) in [5.74, 6) is -0.418. The van der Waals surface area contributed by atoms with E-state index in [0.29, 0.717) is 24.3 Å². The Bertz CT molecular complexity index is 1800. The number of phosphoric acid groups is 1. The van der Waals surface area contributed by atoms with Crippen LogP contribution < -0.4 is 19.4 Å². The number of aromatic nitrogens is 1. The van der Waals surface area contributed by atoms with Crippen LogP contribution in [0.25, 0.3) is 22.0 Å². The molecule has 4 aromatic rings. The van der Waals surface area contributed by atoms with Crippen LogP contribution in [-0.2, 0) is 25.1 Å². The number of halogens is 1. The van der Waals surface area contributed by atoms with Crippen molar-refractivity contribution in [2.75, 3.05) is 13.7 Å². The summed E-state index contributed by atoms with van der Waals surface area (Å²) in [5.41, 5.74) is -1.14. The highest BCUT2D eigenvalue weighted by atomic mass is 31.2. The Labute approximate surface area is 273 Å². The first-order chi connectivity index (χ1) is 22.0. The molecule has 0 unspecified atom stereocenters. The van der Waals surface area contributed by atoms with Crippen LogP contribution in [0, 0.1) is 5.82 Å². The molecule has 0 aliphatic heterocycles. The third kappa shape index (κ3) is 9.22. The molecule has 4 rings (SSSR count). The smallest absolute Gasteiger partial charge is 0.497 e. The van der Waals surface area contributed by atoms with Gasteiger partial charge in [0.1, 0.15) is 28.6 Å². The number of nitrogens with zero attached hydrogens (tertiary/aromatic N) is 1. The number of carbonyl (C=O) groups excluding carboxylic acids is 1. The monoisotopic (exact) mass is 669 g/mol. The molecule has 0 saturated heterocycles. The van der Waals surface area contributed by atoms with E-state index in [2.05, 4.69) is 0 Å². The Morgan fingerprint density at radius 3 is 2.02 bits per heavy atom. The van der Waals surface area contributed by atoms with Gasteiger partial charge in [-0.3, -0.25) is 13.8 Å². The van der Waals surface area contributed by atoms with Gasteiger partial charge in [-0.1, -0.05) is 19.1 Å². The Morgan fingerprint density at radius 1 is 0.872 bits per heavy atom. The summed E-state index contributed by atoms with van der Waals surface area (Å²) < 4.78 is 64.0. The fourth-order valence-electron chi connectivity index (χ4n) is 4.59. The van der Waals surface area contributed by atoms with Gasteiger partial charge in [-0.15, -0.1) is 0 Å². The number of esters is 1. The Morgan fingerprint density at radius 2 is 1.47 bits per heavy atom. The van der Waals surface area contributed by atoms with E-state index in [1.165, 1.54) is 54.3 Å². The van der Waals surface area contributed by atoms with E-state index in [1.54, 1.807) is 65.8 Å². The predicted molar refractivity (Wildman–Crippen MR) is 178 cm³/mol. The summed E-state index contributed by atoms with van der Waals surface area (Å²) >= 11 is 0. The maximum absolute atomic E-state index is 15.3. The van der Waals surface area contributed by atoms with Crippen molar-refractivity contribution in [1.29, 1.82) is 0 Å². The molecule has 1 aromatic heterocycles. The molecule has 0 amide bonds. The second-order valence-corrected chi connectivity index (χ2v) is 14.2. The number of benzene rings is 3. The van der Waals surface area contributed by atoms with Crippen LogP contribution in [0.15, 0.2) is 71.7 Å². The minimum Gasteiger partial charge on any atom is -0.497 e. The molecule has 47 heavy (non-hydrogen) atoms. The molecule has 0 radical (unpaired) electrons. The highest BCUT2D eigenvalue weighted by molar-refractivity contribution is 7.49. The molecule has 12 heteroatoms. The summed E-state index contributed by atoms with van der Waals surface area (Å²) in [6.45, 7) is 12.3. The van der Waals surface area contributed by atoms with E-state index >= 15 is 4.39 Å². The molecule has 10 nitrogen and oxygen atoms in total. The molecule has 0 aliphatic rings. The quantitative estimate of drug-likeness (QED) is 0.108. The van der Waals surface area contributed by atoms with Gasteiger partial charge >= 0.3 is 13.8 Å². The zero-order chi connectivity index (χ0) is 34.6. The average molecular weight is 670 g/mol. The first kappa shape index (κ1) is 35.7. The number of pyridine rings is 1. The lowest BCUT2D eigenvalue weighted by molar-refractivity contribution is 0.0224. The SMILES string of the molecule is CCCOc1ccc(F)c2c(=O)c(-c3ccc(OC)cc3)cn(COC(=O)c3ccc(OP(=O)(OC(C)(C)C)OC(C)(C)C)cc3)c12. The van der Waals surface area contributed by atoms with Crippen molar-refractivity contribution in [2.24, 2.45) is 0 Å². The summed E-state index contributed by atoms with van der Waals surface area (Å²) in [6.07, 6.45) is 2.19. The van der Waals surface area contributed by atoms with Gasteiger partial charge in [-0.2, -0.15) is 0 Å². The van der Waals surface area contributed by atoms with E-state index in [9.17, 15) is 14.2 Å². The lowest BCUT2D eigenvalue weighted by atomic mass is 10.0. The predicted octanol–water partition coefficient (Wildman–Crippen LogP) is 8.54. The number of rotatable bonds is 12. The Balaban J connectivity index is 1.65. The topological polar surface area (TPSA) is 112 Å². The van der Waals surface area contributed by atoms with Crippen molar-refractivity contribution >= 4 is 24.7 Å². The number of carbonyl (C=O) groups is 1. The minimum absolute atomic E-state index is 0.155. The summed E-state index contributed by atoms with van der Waals surface area (Å²) in [5, 5.41) is -0.191. The maximum Gasteiger partial charge on any atom is 0.531 e. The lowest BCUT2D eigenvalue weighted by Crippen LogP contribution is -2.25. The van der Waals surface area contributed by atoms with Crippen molar-refractivity contribution in [3.63, 3.8) is 0 Å². The van der Waals surface area contributed by atoms with E-state index < -0.39 is 36.2 Å². The van der Waals surface area contributed by atoms with Crippen LogP contribution in [0.3, 0.4) is 0 Å². The van der Waals surface area contributed by atoms with E-state index in [0.717, 1.165) is 0 Å². The molecular weight excluding hydrogens is 628 g/mol. The standard InChI is InChI=1S/C35H41FNO9P/c1-9-20-42-29-19-18-28(36)30-31(29)37(21-27(32(30)38)23-10-14-25(41-8)15-11-23)22-43-33(39)24-12-16-26(17-13-24)44-47(40,45-34(2,3)4)46-35(5,6)7/h10-19,21H,9,20,22H2,1-8H3. The van der Waals surface area contributed by atoms with Gasteiger partial charge in [-0.25, -0.2) is 13.8 Å². The summed E-state index contributed by atoms with van der Waals surface area (Å²) in [4.78, 5) is 26.8. The number of hydrogen-bond donors (Lipinski definition) is 0. The fourth-order valence-corrected chi connectivity index (χ4v) is 6.42. The average Bonchev–Trinajstić information content (AvgIpc) is 2.98. The second-order valence-electron chi connectivity index (χ2n) is 12.7. The second kappa shape index (κ2) is 14.3. The Kier molecular flexibility index (Phi) is 10.8. The van der Waals surface area contributed by atoms with Gasteiger partial charge < -0.3 is 23.3 Å². The number of fused-ring (bicyclic) bond motifs is 1. The third-order valence-electron chi connectivity index (χ3n) is 6.41. The maximum atomic E-state index is 15.3. The number of hydrogen-bond acceptors (Lipinski definition) is 9. The normalized spacial score (nSPS) is 12.2. The zero-order valence-corrected chi connectivity index (χ0v) is 28.8. The van der Waals surface area contributed by atoms with Crippen LogP contribution in [0.4, 0.5) is 4.39 Å². The van der Waals surface area contributed by atoms with Crippen molar-refractivity contribution < 1.29 is 41.5 Å². The molecule has 0 atom stereocenters. The molecule has 0 N–H and O–H groups in total. The zero-order valence-electron chi connectivity index (χ0n) is 27.9. The van der Waals surface area contributed by atoms with Crippen LogP contribution in [0.1, 0.15) is 65.2 Å². The molecule has 0 bridgehead atoms. The highest BCUT2D eigenvalue weighted by Gasteiger charge is 2.38. The summed E-state index contributed by atoms with van der Waals surface area (Å²) in [6, 6.07) is 15.2. The van der Waals surface area contributed by atoms with Gasteiger partial charge in [0, 0.05) is 11.8 Å². The van der Waals surface area contributed by atoms with Crippen LogP contribution >= 0.6 is 7.82 Å². The first-order valence-electron chi connectivity index (χ1n) is 15.1. The molecular formula is C35H41FNO9P. The van der Waals surface area contributed by atoms with Crippen LogP contribution in [0.5, 0.6) is 17.2 Å². The lowest BCUT2D eigenvalue weighted by Gasteiger charge is -2.30. The Hall–Kier alpha value is -4.18. The van der Waals surface area contributed by atoms with Gasteiger partial charge in [-0.05, 0) is 102 Å². The van der Waals surface area contributed by atoms with Gasteiger partial charge in [0.2, 0.25) is 0 Å².